The highest BCUT2D eigenvalue weighted by atomic mass is 79.9. The van der Waals surface area contributed by atoms with E-state index in [1.165, 1.54) is 18.7 Å². The van der Waals surface area contributed by atoms with Gasteiger partial charge in [0, 0.05) is 14.1 Å². The molecule has 0 N–H and O–H groups in total. The van der Waals surface area contributed by atoms with Gasteiger partial charge in [0.1, 0.15) is 12.4 Å². The fourth-order valence-electron chi connectivity index (χ4n) is 2.75. The molecule has 0 fully saturated rings. The Balaban J connectivity index is 1.86. The first-order chi connectivity index (χ1) is 12.8. The van der Waals surface area contributed by atoms with Crippen LogP contribution in [0.4, 0.5) is 0 Å². The second-order valence-corrected chi connectivity index (χ2v) is 6.49. The van der Waals surface area contributed by atoms with E-state index in [0.29, 0.717) is 28.2 Å². The van der Waals surface area contributed by atoms with E-state index in [9.17, 15) is 14.4 Å². The van der Waals surface area contributed by atoms with Crippen LogP contribution in [0.25, 0.3) is 11.2 Å². The highest BCUT2D eigenvalue weighted by Crippen LogP contribution is 2.18. The summed E-state index contributed by atoms with van der Waals surface area (Å²) in [5.41, 5.74) is 0.0864. The van der Waals surface area contributed by atoms with Gasteiger partial charge >= 0.3 is 11.7 Å². The van der Waals surface area contributed by atoms with Gasteiger partial charge in [-0.15, -0.1) is 0 Å². The van der Waals surface area contributed by atoms with Crippen molar-refractivity contribution in [2.45, 2.75) is 6.54 Å². The Morgan fingerprint density at radius 3 is 2.67 bits per heavy atom. The van der Waals surface area contributed by atoms with Crippen LogP contribution in [0.1, 0.15) is 10.4 Å². The fourth-order valence-corrected chi connectivity index (χ4v) is 3.27. The molecular weight excluding hydrogens is 420 g/mol. The van der Waals surface area contributed by atoms with E-state index in [0.717, 1.165) is 4.57 Å². The molecule has 0 atom stereocenters. The normalized spacial score (nSPS) is 11.0. The summed E-state index contributed by atoms with van der Waals surface area (Å²) in [4.78, 5) is 40.3. The molecule has 3 aromatic rings. The average Bonchev–Trinajstić information content (AvgIpc) is 3.01. The number of hydrogen-bond donors (Lipinski definition) is 0. The van der Waals surface area contributed by atoms with E-state index in [2.05, 4.69) is 25.7 Å². The molecule has 27 heavy (non-hydrogen) atoms. The molecule has 0 aliphatic rings. The largest absolute Gasteiger partial charge is 0.492 e. The van der Waals surface area contributed by atoms with Crippen LogP contribution in [0.15, 0.2) is 38.6 Å². The van der Waals surface area contributed by atoms with E-state index in [1.54, 1.807) is 35.9 Å². The molecule has 0 aliphatic carbocycles. The van der Waals surface area contributed by atoms with Crippen LogP contribution in [0, 0.1) is 0 Å². The van der Waals surface area contributed by atoms with Crippen molar-refractivity contribution in [2.24, 2.45) is 14.1 Å². The van der Waals surface area contributed by atoms with Crippen molar-refractivity contribution >= 4 is 33.1 Å². The van der Waals surface area contributed by atoms with Crippen molar-refractivity contribution < 1.29 is 14.3 Å². The van der Waals surface area contributed by atoms with Crippen LogP contribution in [-0.4, -0.2) is 38.4 Å². The Labute approximate surface area is 161 Å². The quantitative estimate of drug-likeness (QED) is 0.438. The van der Waals surface area contributed by atoms with Crippen molar-refractivity contribution in [3.8, 4) is 5.75 Å². The van der Waals surface area contributed by atoms with Gasteiger partial charge in [0.15, 0.2) is 15.9 Å². The molecule has 0 saturated heterocycles. The number of carbonyl (C=O) groups is 1. The van der Waals surface area contributed by atoms with Gasteiger partial charge in [0.2, 0.25) is 0 Å². The Hall–Kier alpha value is -2.88. The minimum Gasteiger partial charge on any atom is -0.492 e. The van der Waals surface area contributed by atoms with Crippen molar-refractivity contribution in [1.29, 1.82) is 0 Å². The third-order valence-corrected chi connectivity index (χ3v) is 4.74. The van der Waals surface area contributed by atoms with E-state index in [1.807, 2.05) is 0 Å². The predicted octanol–water partition coefficient (Wildman–Crippen LogP) is 1.06. The maximum atomic E-state index is 12.3. The summed E-state index contributed by atoms with van der Waals surface area (Å²) in [5, 5.41) is 0. The molecule has 10 heteroatoms. The Bertz CT molecular complexity index is 1140. The third-order valence-electron chi connectivity index (χ3n) is 4.13. The first-order valence-electron chi connectivity index (χ1n) is 7.98. The van der Waals surface area contributed by atoms with E-state index in [4.69, 9.17) is 4.74 Å². The van der Waals surface area contributed by atoms with Gasteiger partial charge in [0.25, 0.3) is 5.56 Å². The number of aryl methyl sites for hydroxylation is 1. The molecule has 0 amide bonds. The number of rotatable bonds is 5. The van der Waals surface area contributed by atoms with Crippen molar-refractivity contribution in [3.05, 3.63) is 55.4 Å². The van der Waals surface area contributed by atoms with Crippen LogP contribution < -0.4 is 16.0 Å². The Kier molecular flexibility index (Phi) is 5.17. The number of benzene rings is 1. The molecule has 0 bridgehead atoms. The molecule has 0 aliphatic heterocycles. The fraction of sp³-hybridized carbons (Fsp3) is 0.294. The topological polar surface area (TPSA) is 97.3 Å². The van der Waals surface area contributed by atoms with Gasteiger partial charge in [-0.25, -0.2) is 14.6 Å². The zero-order valence-corrected chi connectivity index (χ0v) is 16.5. The summed E-state index contributed by atoms with van der Waals surface area (Å²) in [5.74, 6) is 0.0536. The number of methoxy groups -OCH3 is 1. The van der Waals surface area contributed by atoms with E-state index >= 15 is 0 Å². The first kappa shape index (κ1) is 18.9. The molecule has 1 aromatic carbocycles. The number of imidazole rings is 1. The highest BCUT2D eigenvalue weighted by Gasteiger charge is 2.17. The van der Waals surface area contributed by atoms with Crippen LogP contribution >= 0.6 is 15.9 Å². The molecule has 0 unspecified atom stereocenters. The van der Waals surface area contributed by atoms with Crippen molar-refractivity contribution in [3.63, 3.8) is 0 Å². The lowest BCUT2D eigenvalue weighted by atomic mass is 10.2. The molecule has 0 spiro atoms. The molecule has 142 valence electrons. The molecule has 0 radical (unpaired) electrons. The summed E-state index contributed by atoms with van der Waals surface area (Å²) in [6.45, 7) is 0.568. The highest BCUT2D eigenvalue weighted by molar-refractivity contribution is 9.10. The van der Waals surface area contributed by atoms with Gasteiger partial charge in [-0.05, 0) is 34.1 Å². The predicted molar refractivity (Wildman–Crippen MR) is 101 cm³/mol. The molecular formula is C17H17BrN4O5. The smallest absolute Gasteiger partial charge is 0.337 e. The zero-order valence-electron chi connectivity index (χ0n) is 14.9. The summed E-state index contributed by atoms with van der Waals surface area (Å²) in [6, 6.07) is 6.62. The number of hydrogen-bond acceptors (Lipinski definition) is 6. The van der Waals surface area contributed by atoms with Crippen LogP contribution in [0.5, 0.6) is 5.75 Å². The molecule has 9 nitrogen and oxygen atoms in total. The minimum atomic E-state index is -0.459. The zero-order chi connectivity index (χ0) is 19.7. The lowest BCUT2D eigenvalue weighted by Gasteiger charge is -2.11. The maximum absolute atomic E-state index is 12.3. The Morgan fingerprint density at radius 2 is 1.96 bits per heavy atom. The van der Waals surface area contributed by atoms with Crippen LogP contribution in [0.3, 0.4) is 0 Å². The lowest BCUT2D eigenvalue weighted by Crippen LogP contribution is -2.37. The molecule has 2 heterocycles. The second-order valence-electron chi connectivity index (χ2n) is 5.78. The van der Waals surface area contributed by atoms with Crippen LogP contribution in [-0.2, 0) is 25.4 Å². The number of carbonyl (C=O) groups excluding carboxylic acids is 1. The lowest BCUT2D eigenvalue weighted by molar-refractivity contribution is 0.0600. The van der Waals surface area contributed by atoms with Gasteiger partial charge in [-0.3, -0.25) is 13.9 Å². The number of esters is 1. The molecule has 2 aromatic heterocycles. The van der Waals surface area contributed by atoms with E-state index in [-0.39, 0.29) is 12.1 Å². The summed E-state index contributed by atoms with van der Waals surface area (Å²) >= 11 is 3.33. The maximum Gasteiger partial charge on any atom is 0.337 e. The van der Waals surface area contributed by atoms with Crippen molar-refractivity contribution in [1.82, 2.24) is 18.7 Å². The first-order valence-corrected chi connectivity index (χ1v) is 8.77. The minimum absolute atomic E-state index is 0.194. The SMILES string of the molecule is COC(=O)c1cccc(OCCn2c(Br)nc3c(=O)n(C)c(=O)n(C)c32)c1. The third kappa shape index (κ3) is 3.39. The number of ether oxygens (including phenoxy) is 2. The summed E-state index contributed by atoms with van der Waals surface area (Å²) in [7, 11) is 4.30. The van der Waals surface area contributed by atoms with Crippen LogP contribution in [0.2, 0.25) is 0 Å². The van der Waals surface area contributed by atoms with Crippen molar-refractivity contribution in [2.75, 3.05) is 13.7 Å². The summed E-state index contributed by atoms with van der Waals surface area (Å²) in [6.07, 6.45) is 0. The molecule has 0 saturated carbocycles. The molecule has 3 rings (SSSR count). The number of halogens is 1. The average molecular weight is 437 g/mol. The number of aromatic nitrogens is 4. The number of fused-ring (bicyclic) bond motifs is 1. The number of nitrogens with zero attached hydrogens (tertiary/aromatic N) is 4. The summed E-state index contributed by atoms with van der Waals surface area (Å²) < 4.78 is 14.9. The Morgan fingerprint density at radius 1 is 1.22 bits per heavy atom. The van der Waals surface area contributed by atoms with Gasteiger partial charge in [-0.1, -0.05) is 6.07 Å². The van der Waals surface area contributed by atoms with Gasteiger partial charge in [-0.2, -0.15) is 0 Å². The van der Waals surface area contributed by atoms with Gasteiger partial charge in [0.05, 0.1) is 19.2 Å². The van der Waals surface area contributed by atoms with E-state index < -0.39 is 17.2 Å². The second kappa shape index (κ2) is 7.39. The monoisotopic (exact) mass is 436 g/mol. The standard InChI is InChI=1S/C17H17BrN4O5/c1-20-13-12(14(23)21(2)17(20)25)19-16(18)22(13)7-8-27-11-6-4-5-10(9-11)15(24)26-3/h4-6,9H,7-8H2,1-3H3. The van der Waals surface area contributed by atoms with Gasteiger partial charge < -0.3 is 14.0 Å².